The lowest BCUT2D eigenvalue weighted by Crippen LogP contribution is -2.38. The van der Waals surface area contributed by atoms with Gasteiger partial charge in [0.15, 0.2) is 0 Å². The Hall–Kier alpha value is 0.651. The Morgan fingerprint density at radius 3 is 0.875 bits per heavy atom. The summed E-state index contributed by atoms with van der Waals surface area (Å²) in [5.41, 5.74) is 0. The molecule has 0 heterocycles. The van der Waals surface area contributed by atoms with Crippen molar-refractivity contribution in [2.75, 3.05) is 0 Å². The van der Waals surface area contributed by atoms with Crippen LogP contribution in [0.25, 0.3) is 0 Å². The van der Waals surface area contributed by atoms with Crippen molar-refractivity contribution in [2.24, 2.45) is 0 Å². The summed E-state index contributed by atoms with van der Waals surface area (Å²) in [5.74, 6) is 0. The van der Waals surface area contributed by atoms with Crippen molar-refractivity contribution in [3.05, 3.63) is 0 Å². The quantitative estimate of drug-likeness (QED) is 0.539. The minimum absolute atomic E-state index is 0.135. The lowest BCUT2D eigenvalue weighted by Gasteiger charge is -2.13. The summed E-state index contributed by atoms with van der Waals surface area (Å²) in [5, 5.41) is 0. The average Bonchev–Trinajstić information content (AvgIpc) is 1.64. The van der Waals surface area contributed by atoms with Crippen LogP contribution in [0.4, 0.5) is 0 Å². The van der Waals surface area contributed by atoms with E-state index in [-0.39, 0.29) is 24.5 Å². The lowest BCUT2D eigenvalue weighted by molar-refractivity contribution is 2.00. The van der Waals surface area contributed by atoms with Crippen LogP contribution in [0.3, 0.4) is 0 Å². The SMILES string of the molecule is C[Si](C)[Si](C)[Si](C)C. The molecule has 0 aliphatic rings. The second-order valence-electron chi connectivity index (χ2n) is 2.62. The van der Waals surface area contributed by atoms with Crippen LogP contribution in [0, 0.1) is 0 Å². The normalized spacial score (nSPS) is 12.0. The van der Waals surface area contributed by atoms with E-state index in [0.717, 1.165) is 0 Å². The standard InChI is InChI=1S/C5H15Si3/c1-6(2)8(5)7(3)4/h1-5H3. The smallest absolute Gasteiger partial charge is 0.0278 e. The molecule has 0 atom stereocenters. The van der Waals surface area contributed by atoms with Crippen molar-refractivity contribution in [1.82, 2.24) is 0 Å². The van der Waals surface area contributed by atoms with Crippen molar-refractivity contribution in [3.63, 3.8) is 0 Å². The zero-order valence-electron chi connectivity index (χ0n) is 6.50. The van der Waals surface area contributed by atoms with Gasteiger partial charge in [0.2, 0.25) is 0 Å². The third kappa shape index (κ3) is 2.84. The van der Waals surface area contributed by atoms with Gasteiger partial charge in [-0.15, -0.1) is 0 Å². The van der Waals surface area contributed by atoms with E-state index in [1.54, 1.807) is 0 Å². The molecule has 0 unspecified atom stereocenters. The Labute approximate surface area is 57.7 Å². The summed E-state index contributed by atoms with van der Waals surface area (Å²) in [6, 6.07) is 0. The fourth-order valence-electron chi connectivity index (χ4n) is 0.500. The molecule has 0 spiro atoms. The van der Waals surface area contributed by atoms with E-state index in [9.17, 15) is 0 Å². The lowest BCUT2D eigenvalue weighted by atomic mass is 11.9. The Morgan fingerprint density at radius 1 is 0.625 bits per heavy atom. The first kappa shape index (κ1) is 8.65. The molecule has 0 nitrogen and oxygen atoms in total. The van der Waals surface area contributed by atoms with Gasteiger partial charge in [0.1, 0.15) is 0 Å². The topological polar surface area (TPSA) is 0 Å². The highest BCUT2D eigenvalue weighted by Gasteiger charge is 2.14. The van der Waals surface area contributed by atoms with Crippen LogP contribution in [0.2, 0.25) is 32.7 Å². The molecule has 0 aromatic rings. The van der Waals surface area contributed by atoms with Crippen LogP contribution in [0.5, 0.6) is 0 Å². The predicted molar refractivity (Wildman–Crippen MR) is 46.6 cm³/mol. The molecule has 3 radical (unpaired) electrons. The van der Waals surface area contributed by atoms with Gasteiger partial charge >= 0.3 is 0 Å². The second kappa shape index (κ2) is 3.63. The maximum absolute atomic E-state index is 2.51. The molecule has 0 amide bonds. The zero-order chi connectivity index (χ0) is 6.73. The Bertz CT molecular complexity index is 52.7. The van der Waals surface area contributed by atoms with Gasteiger partial charge in [-0.3, -0.25) is 0 Å². The van der Waals surface area contributed by atoms with Gasteiger partial charge in [-0.1, -0.05) is 32.7 Å². The maximum atomic E-state index is 2.51. The van der Waals surface area contributed by atoms with Crippen molar-refractivity contribution in [2.45, 2.75) is 32.7 Å². The molecule has 0 N–H and O–H groups in total. The van der Waals surface area contributed by atoms with E-state index in [2.05, 4.69) is 32.7 Å². The highest BCUT2D eigenvalue weighted by atomic mass is 29.6. The molecule has 0 bridgehead atoms. The van der Waals surface area contributed by atoms with E-state index in [1.165, 1.54) is 0 Å². The monoisotopic (exact) mass is 159 g/mol. The first-order valence-corrected chi connectivity index (χ1v) is 12.0. The molecule has 0 saturated carbocycles. The zero-order valence-corrected chi connectivity index (χ0v) is 9.50. The first-order chi connectivity index (χ1) is 3.55. The highest BCUT2D eigenvalue weighted by molar-refractivity contribution is 7.49. The summed E-state index contributed by atoms with van der Waals surface area (Å²) in [7, 11) is 0.451. The number of hydrogen-bond acceptors (Lipinski definition) is 0. The molecule has 0 aliphatic carbocycles. The van der Waals surface area contributed by atoms with E-state index >= 15 is 0 Å². The largest absolute Gasteiger partial charge is 0.0754 e. The van der Waals surface area contributed by atoms with Crippen LogP contribution in [0.1, 0.15) is 0 Å². The van der Waals surface area contributed by atoms with Crippen molar-refractivity contribution in [3.8, 4) is 0 Å². The van der Waals surface area contributed by atoms with Crippen molar-refractivity contribution < 1.29 is 0 Å². The summed E-state index contributed by atoms with van der Waals surface area (Å²) in [6.45, 7) is 12.3. The van der Waals surface area contributed by atoms with Crippen LogP contribution < -0.4 is 0 Å². The maximum Gasteiger partial charge on any atom is 0.0278 e. The fraction of sp³-hybridized carbons (Fsp3) is 1.00. The van der Waals surface area contributed by atoms with Crippen LogP contribution in [-0.4, -0.2) is 24.5 Å². The summed E-state index contributed by atoms with van der Waals surface area (Å²) in [4.78, 5) is 0. The molecule has 0 aliphatic heterocycles. The Kier molecular flexibility index (Phi) is 3.93. The summed E-state index contributed by atoms with van der Waals surface area (Å²) >= 11 is 0. The van der Waals surface area contributed by atoms with Crippen molar-refractivity contribution in [1.29, 1.82) is 0 Å². The molecule has 8 heavy (non-hydrogen) atoms. The van der Waals surface area contributed by atoms with Gasteiger partial charge in [0, 0.05) is 24.5 Å². The average molecular weight is 159 g/mol. The van der Waals surface area contributed by atoms with Gasteiger partial charge in [0.05, 0.1) is 0 Å². The predicted octanol–water partition coefficient (Wildman–Crippen LogP) is 1.78. The van der Waals surface area contributed by atoms with Gasteiger partial charge in [-0.2, -0.15) is 0 Å². The van der Waals surface area contributed by atoms with Gasteiger partial charge < -0.3 is 0 Å². The van der Waals surface area contributed by atoms with Crippen molar-refractivity contribution >= 4 is 24.5 Å². The van der Waals surface area contributed by atoms with E-state index < -0.39 is 0 Å². The van der Waals surface area contributed by atoms with Gasteiger partial charge in [-0.05, 0) is 0 Å². The fourth-order valence-corrected chi connectivity index (χ4v) is 13.5. The van der Waals surface area contributed by atoms with Gasteiger partial charge in [-0.25, -0.2) is 0 Å². The molecule has 3 heteroatoms. The second-order valence-corrected chi connectivity index (χ2v) is 19.9. The first-order valence-electron chi connectivity index (χ1n) is 3.00. The Balaban J connectivity index is 3.46. The molecule has 0 rings (SSSR count). The molecule has 47 valence electrons. The summed E-state index contributed by atoms with van der Waals surface area (Å²) < 4.78 is 0. The molecule has 0 fully saturated rings. The minimum Gasteiger partial charge on any atom is -0.0754 e. The van der Waals surface area contributed by atoms with Crippen LogP contribution >= 0.6 is 0 Å². The number of rotatable bonds is 2. The molecule has 0 aromatic heterocycles. The third-order valence-corrected chi connectivity index (χ3v) is 22.5. The van der Waals surface area contributed by atoms with Crippen LogP contribution in [0.15, 0.2) is 0 Å². The van der Waals surface area contributed by atoms with E-state index in [1.807, 2.05) is 0 Å². The highest BCUT2D eigenvalue weighted by Crippen LogP contribution is 1.94. The third-order valence-electron chi connectivity index (χ3n) is 1.50. The molecular formula is C5H15Si3. The summed E-state index contributed by atoms with van der Waals surface area (Å²) in [6.07, 6.45) is 0. The van der Waals surface area contributed by atoms with Crippen LogP contribution in [-0.2, 0) is 0 Å². The molecule has 0 aromatic carbocycles. The molecule has 0 saturated heterocycles. The number of hydrogen-bond donors (Lipinski definition) is 0. The molecular weight excluding hydrogens is 144 g/mol. The Morgan fingerprint density at radius 2 is 0.875 bits per heavy atom. The van der Waals surface area contributed by atoms with E-state index in [0.29, 0.717) is 0 Å². The minimum atomic E-state index is 0.135. The van der Waals surface area contributed by atoms with Gasteiger partial charge in [0.25, 0.3) is 0 Å². The van der Waals surface area contributed by atoms with E-state index in [4.69, 9.17) is 0 Å².